The third kappa shape index (κ3) is 4.43. The summed E-state index contributed by atoms with van der Waals surface area (Å²) in [6.07, 6.45) is 1.47. The first kappa shape index (κ1) is 14.1. The molecule has 0 atom stereocenters. The molecule has 1 amide bonds. The molecule has 0 saturated carbocycles. The number of nitrogens with one attached hydrogen (secondary N) is 1. The summed E-state index contributed by atoms with van der Waals surface area (Å²) in [5.41, 5.74) is 0.0262. The Labute approximate surface area is 117 Å². The third-order valence-electron chi connectivity index (χ3n) is 2.14. The van der Waals surface area contributed by atoms with Crippen molar-refractivity contribution in [3.8, 4) is 0 Å². The number of benzene rings is 1. The lowest BCUT2D eigenvalue weighted by Crippen LogP contribution is -2.17. The van der Waals surface area contributed by atoms with Gasteiger partial charge in [-0.05, 0) is 23.6 Å². The smallest absolute Gasteiger partial charge is 0.265 e. The Morgan fingerprint density at radius 2 is 2.10 bits per heavy atom. The van der Waals surface area contributed by atoms with Gasteiger partial charge in [-0.1, -0.05) is 11.2 Å². The van der Waals surface area contributed by atoms with Gasteiger partial charge in [0.2, 0.25) is 0 Å². The monoisotopic (exact) mass is 296 g/mol. The summed E-state index contributed by atoms with van der Waals surface area (Å²) in [5, 5.41) is 7.79. The van der Waals surface area contributed by atoms with Crippen LogP contribution in [0.5, 0.6) is 0 Å². The Bertz CT molecular complexity index is 595. The Morgan fingerprint density at radius 3 is 2.75 bits per heavy atom. The molecule has 0 aliphatic heterocycles. The van der Waals surface area contributed by atoms with Crippen LogP contribution < -0.4 is 5.32 Å². The lowest BCUT2D eigenvalue weighted by Gasteiger charge is -2.04. The van der Waals surface area contributed by atoms with Gasteiger partial charge in [-0.2, -0.15) is 0 Å². The predicted molar refractivity (Wildman–Crippen MR) is 72.9 cm³/mol. The number of oxime groups is 1. The standard InChI is InChI=1S/C13H10F2N2O2S/c14-9-4-10(15)6-11(5-9)17-13(18)8-19-16-7-12-2-1-3-20-12/h1-7H,8H2,(H,17,18)/b16-7+. The fraction of sp³-hybridized carbons (Fsp3) is 0.0769. The fourth-order valence-electron chi connectivity index (χ4n) is 1.37. The Balaban J connectivity index is 1.80. The van der Waals surface area contributed by atoms with Gasteiger partial charge < -0.3 is 10.2 Å². The first-order valence-electron chi connectivity index (χ1n) is 5.58. The normalized spacial score (nSPS) is 10.7. The molecular weight excluding hydrogens is 286 g/mol. The fourth-order valence-corrected chi connectivity index (χ4v) is 1.95. The number of nitrogens with zero attached hydrogens (tertiary/aromatic N) is 1. The SMILES string of the molecule is O=C(CO/N=C/c1cccs1)Nc1cc(F)cc(F)c1. The van der Waals surface area contributed by atoms with Crippen molar-refractivity contribution < 1.29 is 18.4 Å². The van der Waals surface area contributed by atoms with Gasteiger partial charge in [-0.3, -0.25) is 4.79 Å². The molecule has 0 fully saturated rings. The molecule has 1 aromatic heterocycles. The minimum absolute atomic E-state index is 0.0262. The summed E-state index contributed by atoms with van der Waals surface area (Å²) in [6.45, 7) is -0.347. The summed E-state index contributed by atoms with van der Waals surface area (Å²) in [6, 6.07) is 6.44. The van der Waals surface area contributed by atoms with Crippen molar-refractivity contribution in [2.24, 2.45) is 5.16 Å². The van der Waals surface area contributed by atoms with Gasteiger partial charge in [0.15, 0.2) is 6.61 Å². The van der Waals surface area contributed by atoms with Crippen LogP contribution in [-0.4, -0.2) is 18.7 Å². The van der Waals surface area contributed by atoms with Gasteiger partial charge in [0.25, 0.3) is 5.91 Å². The molecular formula is C13H10F2N2O2S. The van der Waals surface area contributed by atoms with E-state index in [0.717, 1.165) is 23.1 Å². The highest BCUT2D eigenvalue weighted by atomic mass is 32.1. The van der Waals surface area contributed by atoms with E-state index in [-0.39, 0.29) is 12.3 Å². The van der Waals surface area contributed by atoms with Crippen molar-refractivity contribution in [3.63, 3.8) is 0 Å². The lowest BCUT2D eigenvalue weighted by atomic mass is 10.3. The highest BCUT2D eigenvalue weighted by Gasteiger charge is 2.05. The Morgan fingerprint density at radius 1 is 1.35 bits per heavy atom. The van der Waals surface area contributed by atoms with Crippen LogP contribution in [0.1, 0.15) is 4.88 Å². The molecule has 7 heteroatoms. The molecule has 1 aromatic carbocycles. The molecule has 0 saturated heterocycles. The summed E-state index contributed by atoms with van der Waals surface area (Å²) in [7, 11) is 0. The van der Waals surface area contributed by atoms with E-state index in [1.807, 2.05) is 17.5 Å². The van der Waals surface area contributed by atoms with E-state index in [1.165, 1.54) is 17.6 Å². The zero-order chi connectivity index (χ0) is 14.4. The molecule has 104 valence electrons. The van der Waals surface area contributed by atoms with Gasteiger partial charge in [0, 0.05) is 16.6 Å². The van der Waals surface area contributed by atoms with Crippen LogP contribution in [0.15, 0.2) is 40.9 Å². The maximum Gasteiger partial charge on any atom is 0.265 e. The second-order valence-corrected chi connectivity index (χ2v) is 4.71. The van der Waals surface area contributed by atoms with Gasteiger partial charge in [-0.15, -0.1) is 11.3 Å². The summed E-state index contributed by atoms with van der Waals surface area (Å²) < 4.78 is 25.8. The minimum atomic E-state index is -0.767. The van der Waals surface area contributed by atoms with Crippen LogP contribution in [0.3, 0.4) is 0 Å². The molecule has 0 radical (unpaired) electrons. The van der Waals surface area contributed by atoms with Crippen molar-refractivity contribution in [3.05, 3.63) is 52.2 Å². The minimum Gasteiger partial charge on any atom is -0.386 e. The van der Waals surface area contributed by atoms with Crippen molar-refractivity contribution >= 4 is 29.1 Å². The molecule has 0 bridgehead atoms. The van der Waals surface area contributed by atoms with Gasteiger partial charge in [0.05, 0.1) is 6.21 Å². The molecule has 1 N–H and O–H groups in total. The molecule has 4 nitrogen and oxygen atoms in total. The number of hydrogen-bond donors (Lipinski definition) is 1. The van der Waals surface area contributed by atoms with Crippen molar-refractivity contribution in [1.29, 1.82) is 0 Å². The number of anilines is 1. The van der Waals surface area contributed by atoms with Gasteiger partial charge >= 0.3 is 0 Å². The Kier molecular flexibility index (Phi) is 4.78. The van der Waals surface area contributed by atoms with Crippen LogP contribution in [0, 0.1) is 11.6 Å². The topological polar surface area (TPSA) is 50.7 Å². The van der Waals surface area contributed by atoms with Crippen LogP contribution in [-0.2, 0) is 9.63 Å². The van der Waals surface area contributed by atoms with E-state index in [9.17, 15) is 13.6 Å². The molecule has 0 spiro atoms. The van der Waals surface area contributed by atoms with Crippen LogP contribution >= 0.6 is 11.3 Å². The first-order chi connectivity index (χ1) is 9.63. The molecule has 0 aliphatic carbocycles. The summed E-state index contributed by atoms with van der Waals surface area (Å²) in [4.78, 5) is 17.1. The summed E-state index contributed by atoms with van der Waals surface area (Å²) in [5.74, 6) is -2.09. The predicted octanol–water partition coefficient (Wildman–Crippen LogP) is 3.02. The number of carbonyl (C=O) groups excluding carboxylic acids is 1. The zero-order valence-corrected chi connectivity index (χ0v) is 11.0. The van der Waals surface area contributed by atoms with E-state index in [0.29, 0.717) is 0 Å². The molecule has 0 aliphatic rings. The number of hydrogen-bond acceptors (Lipinski definition) is 4. The third-order valence-corrected chi connectivity index (χ3v) is 2.95. The largest absolute Gasteiger partial charge is 0.386 e. The van der Waals surface area contributed by atoms with E-state index < -0.39 is 17.5 Å². The van der Waals surface area contributed by atoms with Crippen molar-refractivity contribution in [2.75, 3.05) is 11.9 Å². The maximum absolute atomic E-state index is 12.9. The van der Waals surface area contributed by atoms with Crippen LogP contribution in [0.4, 0.5) is 14.5 Å². The van der Waals surface area contributed by atoms with Gasteiger partial charge in [-0.25, -0.2) is 8.78 Å². The molecule has 20 heavy (non-hydrogen) atoms. The second-order valence-electron chi connectivity index (χ2n) is 3.73. The maximum atomic E-state index is 12.9. The van der Waals surface area contributed by atoms with E-state index in [4.69, 9.17) is 4.84 Å². The van der Waals surface area contributed by atoms with Gasteiger partial charge in [0.1, 0.15) is 11.6 Å². The number of rotatable bonds is 5. The molecule has 2 rings (SSSR count). The average Bonchev–Trinajstić information content (AvgIpc) is 2.86. The van der Waals surface area contributed by atoms with Crippen molar-refractivity contribution in [1.82, 2.24) is 0 Å². The molecule has 2 aromatic rings. The average molecular weight is 296 g/mol. The number of amides is 1. The molecule has 0 unspecified atom stereocenters. The number of halogens is 2. The van der Waals surface area contributed by atoms with Crippen molar-refractivity contribution in [2.45, 2.75) is 0 Å². The highest BCUT2D eigenvalue weighted by molar-refractivity contribution is 7.11. The highest BCUT2D eigenvalue weighted by Crippen LogP contribution is 2.12. The lowest BCUT2D eigenvalue weighted by molar-refractivity contribution is -0.120. The quantitative estimate of drug-likeness (QED) is 0.681. The first-order valence-corrected chi connectivity index (χ1v) is 6.46. The van der Waals surface area contributed by atoms with Crippen LogP contribution in [0.2, 0.25) is 0 Å². The van der Waals surface area contributed by atoms with E-state index >= 15 is 0 Å². The van der Waals surface area contributed by atoms with E-state index in [1.54, 1.807) is 0 Å². The number of thiophene rings is 1. The van der Waals surface area contributed by atoms with Crippen LogP contribution in [0.25, 0.3) is 0 Å². The Hall–Kier alpha value is -2.28. The number of carbonyl (C=O) groups is 1. The zero-order valence-electron chi connectivity index (χ0n) is 10.2. The summed E-state index contributed by atoms with van der Waals surface area (Å²) >= 11 is 1.47. The second kappa shape index (κ2) is 6.76. The molecule has 1 heterocycles. The van der Waals surface area contributed by atoms with E-state index in [2.05, 4.69) is 10.5 Å².